The highest BCUT2D eigenvalue weighted by Crippen LogP contribution is 2.25. The topological polar surface area (TPSA) is 97.2 Å². The lowest BCUT2D eigenvalue weighted by molar-refractivity contribution is -0.0684. The molecule has 1 aromatic carbocycles. The first-order valence-corrected chi connectivity index (χ1v) is 8.48. The summed E-state index contributed by atoms with van der Waals surface area (Å²) in [4.78, 5) is 18.9. The number of thioether (sulfide) groups is 1. The molecule has 8 heteroatoms. The second-order valence-corrected chi connectivity index (χ2v) is 5.72. The third-order valence-electron chi connectivity index (χ3n) is 3.39. The Kier molecular flexibility index (Phi) is 5.15. The highest BCUT2D eigenvalue weighted by molar-refractivity contribution is 7.98. The number of hydrogen-bond acceptors (Lipinski definition) is 7. The van der Waals surface area contributed by atoms with Crippen LogP contribution in [0.25, 0.3) is 11.3 Å². The van der Waals surface area contributed by atoms with Crippen molar-refractivity contribution in [3.05, 3.63) is 40.2 Å². The predicted octanol–water partition coefficient (Wildman–Crippen LogP) is 1.78. The molecule has 0 atom stereocenters. The number of benzene rings is 1. The van der Waals surface area contributed by atoms with E-state index in [0.29, 0.717) is 35.4 Å². The SMILES string of the molecule is CSc1nc(-c2cccc(OCC3OCCO3)c2)c(C#N)c(=O)[nH]1. The van der Waals surface area contributed by atoms with Crippen LogP contribution >= 0.6 is 11.8 Å². The lowest BCUT2D eigenvalue weighted by atomic mass is 10.1. The van der Waals surface area contributed by atoms with E-state index < -0.39 is 5.56 Å². The number of hydrogen-bond donors (Lipinski definition) is 1. The number of aromatic nitrogens is 2. The molecule has 24 heavy (non-hydrogen) atoms. The van der Waals surface area contributed by atoms with Gasteiger partial charge in [0.1, 0.15) is 24.0 Å². The van der Waals surface area contributed by atoms with Gasteiger partial charge in [-0.2, -0.15) is 5.26 Å². The van der Waals surface area contributed by atoms with Crippen LogP contribution in [0.5, 0.6) is 5.75 Å². The number of ether oxygens (including phenoxy) is 3. The molecule has 3 rings (SSSR count). The summed E-state index contributed by atoms with van der Waals surface area (Å²) >= 11 is 1.30. The zero-order chi connectivity index (χ0) is 16.9. The van der Waals surface area contributed by atoms with Crippen LogP contribution in [-0.2, 0) is 9.47 Å². The Labute approximate surface area is 142 Å². The maximum absolute atomic E-state index is 12.0. The van der Waals surface area contributed by atoms with Crippen LogP contribution < -0.4 is 10.3 Å². The summed E-state index contributed by atoms with van der Waals surface area (Å²) in [5.41, 5.74) is 0.501. The highest BCUT2D eigenvalue weighted by Gasteiger charge is 2.17. The summed E-state index contributed by atoms with van der Waals surface area (Å²) in [5.74, 6) is 0.586. The van der Waals surface area contributed by atoms with Crippen molar-refractivity contribution in [3.8, 4) is 23.1 Å². The van der Waals surface area contributed by atoms with E-state index in [1.54, 1.807) is 30.5 Å². The maximum Gasteiger partial charge on any atom is 0.270 e. The van der Waals surface area contributed by atoms with Crippen molar-refractivity contribution in [2.24, 2.45) is 0 Å². The summed E-state index contributed by atoms with van der Waals surface area (Å²) in [6, 6.07) is 9.00. The van der Waals surface area contributed by atoms with Gasteiger partial charge in [0.2, 0.25) is 0 Å². The van der Waals surface area contributed by atoms with Gasteiger partial charge < -0.3 is 19.2 Å². The van der Waals surface area contributed by atoms with Crippen molar-refractivity contribution in [1.82, 2.24) is 9.97 Å². The summed E-state index contributed by atoms with van der Waals surface area (Å²) < 4.78 is 16.3. The number of nitrogens with zero attached hydrogens (tertiary/aromatic N) is 2. The molecule has 0 unspecified atom stereocenters. The van der Waals surface area contributed by atoms with E-state index in [0.717, 1.165) is 0 Å². The predicted molar refractivity (Wildman–Crippen MR) is 88.0 cm³/mol. The van der Waals surface area contributed by atoms with E-state index in [-0.39, 0.29) is 18.5 Å². The van der Waals surface area contributed by atoms with Crippen LogP contribution in [-0.4, -0.2) is 42.3 Å². The fraction of sp³-hybridized carbons (Fsp3) is 0.312. The quantitative estimate of drug-likeness (QED) is 0.651. The monoisotopic (exact) mass is 345 g/mol. The first kappa shape index (κ1) is 16.5. The molecule has 0 bridgehead atoms. The molecule has 0 amide bonds. The van der Waals surface area contributed by atoms with E-state index >= 15 is 0 Å². The molecule has 2 aromatic rings. The average molecular weight is 345 g/mol. The van der Waals surface area contributed by atoms with Crippen LogP contribution in [0.3, 0.4) is 0 Å². The molecular weight excluding hydrogens is 330 g/mol. The molecule has 1 fully saturated rings. The van der Waals surface area contributed by atoms with Crippen LogP contribution in [0.1, 0.15) is 5.56 Å². The first-order chi connectivity index (χ1) is 11.7. The van der Waals surface area contributed by atoms with Gasteiger partial charge in [-0.3, -0.25) is 4.79 Å². The number of nitrogens with one attached hydrogen (secondary N) is 1. The molecule has 7 nitrogen and oxygen atoms in total. The highest BCUT2D eigenvalue weighted by atomic mass is 32.2. The Bertz CT molecular complexity index is 825. The van der Waals surface area contributed by atoms with Crippen molar-refractivity contribution in [2.45, 2.75) is 11.4 Å². The minimum absolute atomic E-state index is 0.0209. The van der Waals surface area contributed by atoms with E-state index in [1.165, 1.54) is 11.8 Å². The van der Waals surface area contributed by atoms with Crippen molar-refractivity contribution in [2.75, 3.05) is 26.1 Å². The Morgan fingerprint density at radius 3 is 2.96 bits per heavy atom. The number of aromatic amines is 1. The van der Waals surface area contributed by atoms with Gasteiger partial charge in [0.15, 0.2) is 11.4 Å². The Morgan fingerprint density at radius 1 is 1.46 bits per heavy atom. The van der Waals surface area contributed by atoms with Gasteiger partial charge >= 0.3 is 0 Å². The summed E-state index contributed by atoms with van der Waals surface area (Å²) in [6.07, 6.45) is 1.43. The second kappa shape index (κ2) is 7.49. The van der Waals surface area contributed by atoms with Gasteiger partial charge in [-0.15, -0.1) is 0 Å². The van der Waals surface area contributed by atoms with Crippen molar-refractivity contribution >= 4 is 11.8 Å². The van der Waals surface area contributed by atoms with Gasteiger partial charge in [0, 0.05) is 5.56 Å². The van der Waals surface area contributed by atoms with Gasteiger partial charge in [0.25, 0.3) is 5.56 Å². The molecule has 1 N–H and O–H groups in total. The van der Waals surface area contributed by atoms with Gasteiger partial charge in [-0.25, -0.2) is 4.98 Å². The minimum Gasteiger partial charge on any atom is -0.488 e. The second-order valence-electron chi connectivity index (χ2n) is 4.92. The smallest absolute Gasteiger partial charge is 0.270 e. The molecule has 1 aliphatic rings. The van der Waals surface area contributed by atoms with Crippen molar-refractivity contribution in [1.29, 1.82) is 5.26 Å². The van der Waals surface area contributed by atoms with E-state index in [4.69, 9.17) is 14.2 Å². The van der Waals surface area contributed by atoms with Gasteiger partial charge in [-0.05, 0) is 18.4 Å². The van der Waals surface area contributed by atoms with Gasteiger partial charge in [0.05, 0.1) is 18.9 Å². The summed E-state index contributed by atoms with van der Waals surface area (Å²) in [7, 11) is 0. The molecule has 1 aliphatic heterocycles. The van der Waals surface area contributed by atoms with Gasteiger partial charge in [-0.1, -0.05) is 23.9 Å². The molecule has 0 spiro atoms. The lowest BCUT2D eigenvalue weighted by Gasteiger charge is -2.12. The Balaban J connectivity index is 1.89. The first-order valence-electron chi connectivity index (χ1n) is 7.26. The molecule has 0 radical (unpaired) electrons. The average Bonchev–Trinajstić information content (AvgIpc) is 3.13. The standard InChI is InChI=1S/C16H15N3O4S/c1-24-16-18-14(12(8-17)15(20)19-16)10-3-2-4-11(7-10)23-9-13-21-5-6-22-13/h2-4,7,13H,5-6,9H2,1H3,(H,18,19,20). The summed E-state index contributed by atoms with van der Waals surface area (Å²) in [5, 5.41) is 9.71. The summed E-state index contributed by atoms with van der Waals surface area (Å²) in [6.45, 7) is 1.40. The normalized spacial score (nSPS) is 14.5. The molecule has 1 aromatic heterocycles. The Hall–Kier alpha value is -2.34. The van der Waals surface area contributed by atoms with Crippen LogP contribution in [0.15, 0.2) is 34.2 Å². The molecule has 1 saturated heterocycles. The van der Waals surface area contributed by atoms with Crippen molar-refractivity contribution in [3.63, 3.8) is 0 Å². The molecule has 124 valence electrons. The molecule has 0 aliphatic carbocycles. The van der Waals surface area contributed by atoms with Crippen LogP contribution in [0.2, 0.25) is 0 Å². The maximum atomic E-state index is 12.0. The third kappa shape index (κ3) is 3.59. The zero-order valence-electron chi connectivity index (χ0n) is 12.9. The number of H-pyrrole nitrogens is 1. The lowest BCUT2D eigenvalue weighted by Crippen LogP contribution is -2.18. The zero-order valence-corrected chi connectivity index (χ0v) is 13.8. The minimum atomic E-state index is -0.453. The van der Waals surface area contributed by atoms with E-state index in [9.17, 15) is 10.1 Å². The fourth-order valence-electron chi connectivity index (χ4n) is 2.26. The van der Waals surface area contributed by atoms with E-state index in [2.05, 4.69) is 9.97 Å². The van der Waals surface area contributed by atoms with Crippen LogP contribution in [0, 0.1) is 11.3 Å². The number of rotatable bonds is 5. The molecular formula is C16H15N3O4S. The largest absolute Gasteiger partial charge is 0.488 e. The van der Waals surface area contributed by atoms with Crippen molar-refractivity contribution < 1.29 is 14.2 Å². The number of nitriles is 1. The molecule has 2 heterocycles. The van der Waals surface area contributed by atoms with E-state index in [1.807, 2.05) is 6.07 Å². The fourth-order valence-corrected chi connectivity index (χ4v) is 2.64. The third-order valence-corrected chi connectivity index (χ3v) is 3.97. The molecule has 0 saturated carbocycles. The van der Waals surface area contributed by atoms with Crippen LogP contribution in [0.4, 0.5) is 0 Å². The Morgan fingerprint density at radius 2 is 2.25 bits per heavy atom.